The number of halogens is 3. The fourth-order valence-corrected chi connectivity index (χ4v) is 4.75. The van der Waals surface area contributed by atoms with Gasteiger partial charge < -0.3 is 15.5 Å². The Morgan fingerprint density at radius 2 is 1.97 bits per heavy atom. The third-order valence-electron chi connectivity index (χ3n) is 6.46. The summed E-state index contributed by atoms with van der Waals surface area (Å²) in [5.74, 6) is -0.128. The van der Waals surface area contributed by atoms with E-state index in [4.69, 9.17) is 0 Å². The molecule has 0 radical (unpaired) electrons. The average molecular weight is 459 g/mol. The number of likely N-dealkylation sites (tertiary alicyclic amines) is 1. The van der Waals surface area contributed by atoms with Crippen molar-refractivity contribution in [2.45, 2.75) is 32.0 Å². The molecule has 2 aromatic heterocycles. The number of alkyl halides is 3. The number of anilines is 2. The van der Waals surface area contributed by atoms with Gasteiger partial charge in [0.15, 0.2) is 5.69 Å². The van der Waals surface area contributed by atoms with Gasteiger partial charge >= 0.3 is 6.18 Å². The molecule has 11 heteroatoms. The molecule has 5 rings (SSSR count). The van der Waals surface area contributed by atoms with Gasteiger partial charge in [-0.2, -0.15) is 23.4 Å². The highest BCUT2D eigenvalue weighted by Gasteiger charge is 2.42. The Labute approximate surface area is 187 Å². The van der Waals surface area contributed by atoms with E-state index >= 15 is 0 Å². The number of nitrogens with zero attached hydrogens (tertiary/aromatic N) is 4. The van der Waals surface area contributed by atoms with E-state index < -0.39 is 17.9 Å². The minimum Gasteiger partial charge on any atom is -0.344 e. The first-order valence-corrected chi connectivity index (χ1v) is 10.8. The quantitative estimate of drug-likeness (QED) is 0.551. The maximum Gasteiger partial charge on any atom is 0.435 e. The fraction of sp³-hybridized carbons (Fsp3) is 0.409. The van der Waals surface area contributed by atoms with Crippen LogP contribution in [0.4, 0.5) is 24.7 Å². The molecule has 1 fully saturated rings. The first-order valence-electron chi connectivity index (χ1n) is 10.8. The van der Waals surface area contributed by atoms with E-state index in [1.54, 1.807) is 25.3 Å². The van der Waals surface area contributed by atoms with E-state index in [0.717, 1.165) is 42.9 Å². The first-order chi connectivity index (χ1) is 15.7. The number of aromatic nitrogens is 4. The second kappa shape index (κ2) is 7.91. The van der Waals surface area contributed by atoms with Crippen LogP contribution in [0.15, 0.2) is 41.7 Å². The molecule has 2 aliphatic rings. The van der Waals surface area contributed by atoms with Gasteiger partial charge in [0.05, 0.1) is 23.3 Å². The van der Waals surface area contributed by atoms with E-state index in [1.165, 1.54) is 4.68 Å². The molecule has 4 heterocycles. The van der Waals surface area contributed by atoms with Crippen LogP contribution in [0.5, 0.6) is 0 Å². The van der Waals surface area contributed by atoms with Crippen LogP contribution in [0.1, 0.15) is 31.5 Å². The molecular formula is C22H24F3N7O. The average Bonchev–Trinajstić information content (AvgIpc) is 3.39. The second-order valence-corrected chi connectivity index (χ2v) is 8.73. The molecule has 3 N–H and O–H groups in total. The number of benzene rings is 1. The summed E-state index contributed by atoms with van der Waals surface area (Å²) in [6, 6.07) is 5.79. The van der Waals surface area contributed by atoms with Crippen molar-refractivity contribution >= 4 is 28.3 Å². The lowest BCUT2D eigenvalue weighted by molar-refractivity contribution is -0.141. The predicted molar refractivity (Wildman–Crippen MR) is 118 cm³/mol. The maximum absolute atomic E-state index is 13.5. The molecule has 174 valence electrons. The highest BCUT2D eigenvalue weighted by Crippen LogP contribution is 2.42. The van der Waals surface area contributed by atoms with E-state index in [0.29, 0.717) is 17.0 Å². The van der Waals surface area contributed by atoms with Crippen molar-refractivity contribution in [1.82, 2.24) is 24.9 Å². The van der Waals surface area contributed by atoms with E-state index in [2.05, 4.69) is 30.8 Å². The number of fused-ring (bicyclic) bond motifs is 2. The molecule has 1 saturated heterocycles. The third kappa shape index (κ3) is 3.97. The molecule has 0 bridgehead atoms. The lowest BCUT2D eigenvalue weighted by Crippen LogP contribution is -2.39. The lowest BCUT2D eigenvalue weighted by atomic mass is 9.83. The van der Waals surface area contributed by atoms with E-state index in [-0.39, 0.29) is 17.6 Å². The van der Waals surface area contributed by atoms with Gasteiger partial charge in [0.25, 0.3) is 5.91 Å². The Morgan fingerprint density at radius 1 is 1.21 bits per heavy atom. The minimum absolute atomic E-state index is 0.0184. The number of aromatic amines is 1. The number of allylic oxidation sites excluding steroid dienone is 1. The van der Waals surface area contributed by atoms with Crippen LogP contribution < -0.4 is 10.6 Å². The number of hydrogen-bond acceptors (Lipinski definition) is 5. The van der Waals surface area contributed by atoms with Crippen molar-refractivity contribution in [3.63, 3.8) is 0 Å². The zero-order chi connectivity index (χ0) is 23.3. The van der Waals surface area contributed by atoms with Gasteiger partial charge in [-0.25, -0.2) is 4.68 Å². The topological polar surface area (TPSA) is 90.9 Å². The number of hydrogen-bond donors (Lipinski definition) is 3. The van der Waals surface area contributed by atoms with Gasteiger partial charge in [0.2, 0.25) is 0 Å². The van der Waals surface area contributed by atoms with Gasteiger partial charge in [-0.05, 0) is 64.0 Å². The number of H-pyrrole nitrogens is 1. The number of nitrogens with one attached hydrogen (secondary N) is 3. The Morgan fingerprint density at radius 3 is 2.70 bits per heavy atom. The third-order valence-corrected chi connectivity index (χ3v) is 6.46. The van der Waals surface area contributed by atoms with Crippen molar-refractivity contribution in [2.24, 2.45) is 5.92 Å². The zero-order valence-electron chi connectivity index (χ0n) is 18.2. The smallest absolute Gasteiger partial charge is 0.344 e. The molecular weight excluding hydrogens is 435 g/mol. The molecule has 3 aromatic rings. The molecule has 0 spiro atoms. The van der Waals surface area contributed by atoms with Gasteiger partial charge in [0, 0.05) is 22.8 Å². The second-order valence-electron chi connectivity index (χ2n) is 8.73. The summed E-state index contributed by atoms with van der Waals surface area (Å²) in [5.41, 5.74) is 1.39. The summed E-state index contributed by atoms with van der Waals surface area (Å²) in [6.07, 6.45) is -1.40. The van der Waals surface area contributed by atoms with Gasteiger partial charge in [-0.1, -0.05) is 0 Å². The van der Waals surface area contributed by atoms with E-state index in [9.17, 15) is 18.0 Å². The van der Waals surface area contributed by atoms with Crippen LogP contribution in [-0.4, -0.2) is 50.9 Å². The molecule has 1 amide bonds. The molecule has 33 heavy (non-hydrogen) atoms. The van der Waals surface area contributed by atoms with Gasteiger partial charge in [0.1, 0.15) is 5.82 Å². The molecule has 1 atom stereocenters. The molecule has 1 unspecified atom stereocenters. The Kier molecular flexibility index (Phi) is 5.15. The number of carbonyl (C=O) groups excluding carboxylic acids is 1. The van der Waals surface area contributed by atoms with Crippen molar-refractivity contribution < 1.29 is 18.0 Å². The number of amides is 1. The molecule has 8 nitrogen and oxygen atoms in total. The van der Waals surface area contributed by atoms with Crippen molar-refractivity contribution in [3.05, 3.63) is 47.4 Å². The summed E-state index contributed by atoms with van der Waals surface area (Å²) in [5, 5.41) is 17.5. The monoisotopic (exact) mass is 459 g/mol. The van der Waals surface area contributed by atoms with Gasteiger partial charge in [-0.15, -0.1) is 0 Å². The highest BCUT2D eigenvalue weighted by molar-refractivity contribution is 6.06. The number of rotatable bonds is 3. The molecule has 0 aliphatic carbocycles. The summed E-state index contributed by atoms with van der Waals surface area (Å²) in [6.45, 7) is 3.34. The van der Waals surface area contributed by atoms with Gasteiger partial charge in [-0.3, -0.25) is 9.89 Å². The van der Waals surface area contributed by atoms with Crippen molar-refractivity contribution in [3.8, 4) is 0 Å². The minimum atomic E-state index is -4.57. The number of piperidine rings is 1. The Bertz CT molecular complexity index is 1230. The van der Waals surface area contributed by atoms with Crippen molar-refractivity contribution in [2.75, 3.05) is 30.8 Å². The summed E-state index contributed by atoms with van der Waals surface area (Å²) >= 11 is 0. The predicted octanol–water partition coefficient (Wildman–Crippen LogP) is 4.00. The largest absolute Gasteiger partial charge is 0.435 e. The van der Waals surface area contributed by atoms with Crippen LogP contribution in [0.25, 0.3) is 10.9 Å². The standard InChI is InChI=1S/C22H24F3N7O/c1-12-19(21(33)28-15-3-4-16-14(9-15)11-26-29-16)20(13-5-7-31(2)8-6-13)32-18(27-12)10-17(30-32)22(23,24)25/h3-4,9-11,13,20,27H,5-8H2,1-2H3,(H,26,29)(H,28,33). The Balaban J connectivity index is 1.51. The maximum atomic E-state index is 13.5. The molecule has 1 aromatic carbocycles. The summed E-state index contributed by atoms with van der Waals surface area (Å²) in [7, 11) is 2.01. The van der Waals surface area contributed by atoms with Crippen LogP contribution in [0.3, 0.4) is 0 Å². The molecule has 2 aliphatic heterocycles. The van der Waals surface area contributed by atoms with Crippen molar-refractivity contribution in [1.29, 1.82) is 0 Å². The van der Waals surface area contributed by atoms with Crippen LogP contribution in [-0.2, 0) is 11.0 Å². The normalized spacial score (nSPS) is 20.1. The van der Waals surface area contributed by atoms with Crippen LogP contribution in [0.2, 0.25) is 0 Å². The Hall–Kier alpha value is -3.34. The summed E-state index contributed by atoms with van der Waals surface area (Å²) < 4.78 is 41.6. The van der Waals surface area contributed by atoms with Crippen LogP contribution in [0, 0.1) is 5.92 Å². The van der Waals surface area contributed by atoms with E-state index in [1.807, 2.05) is 13.1 Å². The molecule has 0 saturated carbocycles. The zero-order valence-corrected chi connectivity index (χ0v) is 18.2. The van der Waals surface area contributed by atoms with Crippen LogP contribution >= 0.6 is 0 Å². The fourth-order valence-electron chi connectivity index (χ4n) is 4.75. The highest BCUT2D eigenvalue weighted by atomic mass is 19.4. The number of carbonyl (C=O) groups is 1. The first kappa shape index (κ1) is 21.5. The summed E-state index contributed by atoms with van der Waals surface area (Å²) in [4.78, 5) is 15.7. The SMILES string of the molecule is CC1=C(C(=O)Nc2ccc3[nH]ncc3c2)C(C2CCN(C)CC2)n2nc(C(F)(F)F)cc2N1. The lowest BCUT2D eigenvalue weighted by Gasteiger charge is -2.38.